The summed E-state index contributed by atoms with van der Waals surface area (Å²) in [6, 6.07) is 3.27. The van der Waals surface area contributed by atoms with Crippen molar-refractivity contribution in [3.63, 3.8) is 0 Å². The monoisotopic (exact) mass is 380 g/mol. The molecule has 10 heteroatoms. The van der Waals surface area contributed by atoms with Crippen LogP contribution in [-0.4, -0.2) is 23.6 Å². The van der Waals surface area contributed by atoms with Gasteiger partial charge in [0.25, 0.3) is 11.9 Å². The molecule has 0 saturated heterocycles. The van der Waals surface area contributed by atoms with Crippen LogP contribution in [0.3, 0.4) is 0 Å². The van der Waals surface area contributed by atoms with Gasteiger partial charge in [0.1, 0.15) is 30.1 Å². The summed E-state index contributed by atoms with van der Waals surface area (Å²) in [5, 5.41) is 2.46. The molecule has 7 nitrogen and oxygen atoms in total. The topological polar surface area (TPSA) is 103 Å². The van der Waals surface area contributed by atoms with Gasteiger partial charge >= 0.3 is 0 Å². The number of carbonyl (C=O) groups is 1. The molecule has 27 heavy (non-hydrogen) atoms. The van der Waals surface area contributed by atoms with Crippen LogP contribution < -0.4 is 11.1 Å². The molecule has 142 valence electrons. The van der Waals surface area contributed by atoms with Gasteiger partial charge in [-0.1, -0.05) is 0 Å². The molecule has 0 saturated carbocycles. The van der Waals surface area contributed by atoms with Gasteiger partial charge in [-0.3, -0.25) is 4.79 Å². The van der Waals surface area contributed by atoms with Crippen molar-refractivity contribution in [3.05, 3.63) is 59.3 Å². The minimum Gasteiger partial charge on any atom is -0.445 e. The van der Waals surface area contributed by atoms with Gasteiger partial charge in [-0.15, -0.1) is 0 Å². The van der Waals surface area contributed by atoms with Gasteiger partial charge in [-0.05, 0) is 31.2 Å². The molecule has 2 aromatic rings. The number of anilines is 1. The molecule has 1 aliphatic heterocycles. The third-order valence-electron chi connectivity index (χ3n) is 3.81. The molecule has 0 aliphatic carbocycles. The first kappa shape index (κ1) is 18.5. The molecule has 0 spiro atoms. The number of hydrogen-bond acceptors (Lipinski definition) is 6. The number of ether oxygens (including phenoxy) is 1. The number of aliphatic imine (C=N–C) groups is 1. The fourth-order valence-corrected chi connectivity index (χ4v) is 2.67. The Balaban J connectivity index is 1.94. The average molecular weight is 380 g/mol. The highest BCUT2D eigenvalue weighted by atomic mass is 19.1. The highest BCUT2D eigenvalue weighted by Crippen LogP contribution is 2.35. The Kier molecular flexibility index (Phi) is 4.89. The first-order chi connectivity index (χ1) is 12.9. The van der Waals surface area contributed by atoms with E-state index in [1.165, 1.54) is 25.1 Å². The summed E-state index contributed by atoms with van der Waals surface area (Å²) < 4.78 is 50.6. The van der Waals surface area contributed by atoms with Crippen molar-refractivity contribution in [2.24, 2.45) is 10.7 Å². The fourth-order valence-electron chi connectivity index (χ4n) is 2.67. The largest absolute Gasteiger partial charge is 0.445 e. The zero-order valence-corrected chi connectivity index (χ0v) is 14.1. The molecule has 0 unspecified atom stereocenters. The van der Waals surface area contributed by atoms with Gasteiger partial charge in [0.05, 0.1) is 0 Å². The Bertz CT molecular complexity index is 921. The maximum Gasteiger partial charge on any atom is 0.288 e. The van der Waals surface area contributed by atoms with E-state index in [0.29, 0.717) is 0 Å². The van der Waals surface area contributed by atoms with Crippen molar-refractivity contribution in [1.29, 1.82) is 0 Å². The van der Waals surface area contributed by atoms with Crippen LogP contribution in [0.5, 0.6) is 0 Å². The minimum atomic E-state index is -1.72. The van der Waals surface area contributed by atoms with Crippen molar-refractivity contribution in [1.82, 2.24) is 4.98 Å². The van der Waals surface area contributed by atoms with Gasteiger partial charge in [0.2, 0.25) is 5.89 Å². The van der Waals surface area contributed by atoms with E-state index in [1.54, 1.807) is 0 Å². The predicted molar refractivity (Wildman–Crippen MR) is 89.8 cm³/mol. The normalized spacial score (nSPS) is 19.1. The summed E-state index contributed by atoms with van der Waals surface area (Å²) in [6.07, 6.45) is 2.30. The van der Waals surface area contributed by atoms with Gasteiger partial charge in [-0.25, -0.2) is 23.1 Å². The van der Waals surface area contributed by atoms with E-state index in [2.05, 4.69) is 15.3 Å². The zero-order valence-electron chi connectivity index (χ0n) is 14.1. The van der Waals surface area contributed by atoms with Crippen molar-refractivity contribution in [3.8, 4) is 0 Å². The van der Waals surface area contributed by atoms with Crippen LogP contribution in [0.25, 0.3) is 0 Å². The summed E-state index contributed by atoms with van der Waals surface area (Å²) in [4.78, 5) is 19.7. The number of benzene rings is 1. The SMILES string of the molecule is CC1=C[C@@](CF)(c2cc(NC(=O)c3coc(CF)n3)ccc2F)N=C(N)O1. The number of amidine groups is 1. The standard InChI is InChI=1S/C17H15F3N4O3/c1-9-5-17(8-19,24-16(21)27-9)11-4-10(2-3-12(11)20)22-15(25)13-7-26-14(6-18)23-13/h2-5,7H,6,8H2,1H3,(H2,21,24)(H,22,25)/t17-/m1/s1. The molecule has 2 heterocycles. The second-order valence-electron chi connectivity index (χ2n) is 5.77. The number of allylic oxidation sites excluding steroid dienone is 1. The number of rotatable bonds is 5. The molecular weight excluding hydrogens is 365 g/mol. The number of hydrogen-bond donors (Lipinski definition) is 2. The lowest BCUT2D eigenvalue weighted by Crippen LogP contribution is -2.34. The molecule has 0 bridgehead atoms. The molecule has 1 atom stereocenters. The maximum absolute atomic E-state index is 14.4. The quantitative estimate of drug-likeness (QED) is 0.830. The van der Waals surface area contributed by atoms with Crippen LogP contribution in [-0.2, 0) is 17.0 Å². The summed E-state index contributed by atoms with van der Waals surface area (Å²) in [5.74, 6) is -1.43. The Hall–Kier alpha value is -3.30. The molecule has 1 aromatic heterocycles. The first-order valence-electron chi connectivity index (χ1n) is 7.77. The fraction of sp³-hybridized carbons (Fsp3) is 0.235. The lowest BCUT2D eigenvalue weighted by atomic mass is 9.89. The number of nitrogens with one attached hydrogen (secondary N) is 1. The van der Waals surface area contributed by atoms with Crippen LogP contribution in [0.4, 0.5) is 18.9 Å². The van der Waals surface area contributed by atoms with Crippen LogP contribution in [0, 0.1) is 5.82 Å². The van der Waals surface area contributed by atoms with E-state index in [1.807, 2.05) is 0 Å². The van der Waals surface area contributed by atoms with Crippen LogP contribution in [0.2, 0.25) is 0 Å². The number of amides is 1. The predicted octanol–water partition coefficient (Wildman–Crippen LogP) is 2.95. The summed E-state index contributed by atoms with van der Waals surface area (Å²) in [5.41, 5.74) is 3.69. The molecule has 3 N–H and O–H groups in total. The van der Waals surface area contributed by atoms with E-state index in [9.17, 15) is 18.0 Å². The number of oxazole rings is 1. The van der Waals surface area contributed by atoms with E-state index in [-0.39, 0.29) is 34.6 Å². The number of carbonyl (C=O) groups excluding carboxylic acids is 1. The Morgan fingerprint density at radius 2 is 2.15 bits per heavy atom. The van der Waals surface area contributed by atoms with Gasteiger partial charge < -0.3 is 20.2 Å². The molecule has 1 amide bonds. The van der Waals surface area contributed by atoms with Crippen molar-refractivity contribution in [2.75, 3.05) is 12.0 Å². The van der Waals surface area contributed by atoms with E-state index in [0.717, 1.165) is 12.3 Å². The summed E-state index contributed by atoms with van der Waals surface area (Å²) >= 11 is 0. The summed E-state index contributed by atoms with van der Waals surface area (Å²) in [7, 11) is 0. The third-order valence-corrected chi connectivity index (χ3v) is 3.81. The van der Waals surface area contributed by atoms with Gasteiger partial charge in [0, 0.05) is 11.3 Å². The van der Waals surface area contributed by atoms with Crippen molar-refractivity contribution < 1.29 is 27.1 Å². The zero-order chi connectivity index (χ0) is 19.6. The maximum atomic E-state index is 14.4. The third kappa shape index (κ3) is 3.64. The Labute approximate surface area is 151 Å². The number of nitrogens with two attached hydrogens (primary N) is 1. The molecule has 3 rings (SSSR count). The van der Waals surface area contributed by atoms with Crippen LogP contribution in [0.1, 0.15) is 28.9 Å². The van der Waals surface area contributed by atoms with Crippen molar-refractivity contribution in [2.45, 2.75) is 19.1 Å². The highest BCUT2D eigenvalue weighted by Gasteiger charge is 2.36. The van der Waals surface area contributed by atoms with E-state index < -0.39 is 30.6 Å². The smallest absolute Gasteiger partial charge is 0.288 e. The van der Waals surface area contributed by atoms with Gasteiger partial charge in [0.15, 0.2) is 12.4 Å². The van der Waals surface area contributed by atoms with Gasteiger partial charge in [-0.2, -0.15) is 0 Å². The molecule has 0 radical (unpaired) electrons. The lowest BCUT2D eigenvalue weighted by Gasteiger charge is -2.29. The Morgan fingerprint density at radius 1 is 1.37 bits per heavy atom. The van der Waals surface area contributed by atoms with E-state index in [4.69, 9.17) is 14.9 Å². The Morgan fingerprint density at radius 3 is 2.78 bits per heavy atom. The van der Waals surface area contributed by atoms with Crippen molar-refractivity contribution >= 4 is 17.6 Å². The second kappa shape index (κ2) is 7.14. The molecule has 1 aliphatic rings. The lowest BCUT2D eigenvalue weighted by molar-refractivity contribution is 0.102. The van der Waals surface area contributed by atoms with Crippen LogP contribution >= 0.6 is 0 Å². The number of aromatic nitrogens is 1. The van der Waals surface area contributed by atoms with E-state index >= 15 is 0 Å². The molecule has 1 aromatic carbocycles. The van der Waals surface area contributed by atoms with Crippen LogP contribution in [0.15, 0.2) is 45.7 Å². The second-order valence-corrected chi connectivity index (χ2v) is 5.77. The molecular formula is C17H15F3N4O3. The molecule has 0 fully saturated rings. The number of alkyl halides is 2. The first-order valence-corrected chi connectivity index (χ1v) is 7.77. The minimum absolute atomic E-state index is 0.141. The number of halogens is 3. The number of nitrogens with zero attached hydrogens (tertiary/aromatic N) is 2. The highest BCUT2D eigenvalue weighted by molar-refractivity contribution is 6.02. The average Bonchev–Trinajstić information content (AvgIpc) is 3.11. The summed E-state index contributed by atoms with van der Waals surface area (Å²) in [6.45, 7) is -0.505.